The number of hydrogen-bond acceptors (Lipinski definition) is 12. The highest BCUT2D eigenvalue weighted by Gasteiger charge is 2.34. The van der Waals surface area contributed by atoms with Crippen molar-refractivity contribution in [3.63, 3.8) is 0 Å². The summed E-state index contributed by atoms with van der Waals surface area (Å²) in [7, 11) is -3.83. The molecule has 17 heteroatoms. The molecule has 1 saturated heterocycles. The first-order chi connectivity index (χ1) is 28.2. The monoisotopic (exact) mass is 841 g/mol. The molecule has 3 N–H and O–H groups in total. The summed E-state index contributed by atoms with van der Waals surface area (Å²) in [6, 6.07) is 15.9. The molecule has 3 aromatic carbocycles. The van der Waals surface area contributed by atoms with E-state index in [4.69, 9.17) is 14.2 Å². The van der Waals surface area contributed by atoms with Crippen molar-refractivity contribution in [1.29, 1.82) is 0 Å². The number of amides is 4. The average Bonchev–Trinajstić information content (AvgIpc) is 3.85. The predicted molar refractivity (Wildman–Crippen MR) is 229 cm³/mol. The highest BCUT2D eigenvalue weighted by atomic mass is 32.2. The third-order valence-corrected chi connectivity index (χ3v) is 13.2. The molecule has 310 valence electrons. The van der Waals surface area contributed by atoms with Crippen LogP contribution in [0.15, 0.2) is 77.4 Å². The Morgan fingerprint density at radius 1 is 0.932 bits per heavy atom. The number of rotatable bonds is 16. The van der Waals surface area contributed by atoms with Crippen LogP contribution in [0.25, 0.3) is 32.0 Å². The van der Waals surface area contributed by atoms with Crippen molar-refractivity contribution >= 4 is 88.1 Å². The molecular formula is C42H47N7O8S2. The smallest absolute Gasteiger partial charge is 0.328 e. The molecule has 0 atom stereocenters. The van der Waals surface area contributed by atoms with Gasteiger partial charge in [0.15, 0.2) is 9.84 Å². The number of hydrogen-bond donors (Lipinski definition) is 3. The molecule has 0 spiro atoms. The number of aromatic nitrogens is 3. The number of nitrogens with one attached hydrogen (secondary N) is 3. The molecule has 3 aromatic heterocycles. The van der Waals surface area contributed by atoms with Gasteiger partial charge in [0.05, 0.1) is 63.6 Å². The Hall–Kier alpha value is -5.62. The average molecular weight is 842 g/mol. The Balaban J connectivity index is 0.918. The Labute approximate surface area is 346 Å². The summed E-state index contributed by atoms with van der Waals surface area (Å²) in [5.74, 6) is -0.469. The van der Waals surface area contributed by atoms with Crippen molar-refractivity contribution in [3.05, 3.63) is 78.1 Å². The number of ether oxygens (including phenoxy) is 3. The van der Waals surface area contributed by atoms with Crippen molar-refractivity contribution in [2.45, 2.75) is 56.7 Å². The van der Waals surface area contributed by atoms with Gasteiger partial charge in [0, 0.05) is 71.7 Å². The lowest BCUT2D eigenvalue weighted by atomic mass is 10.1. The van der Waals surface area contributed by atoms with Gasteiger partial charge in [0.25, 0.3) is 5.91 Å². The van der Waals surface area contributed by atoms with E-state index in [1.165, 1.54) is 4.90 Å². The number of carbonyl (C=O) groups is 3. The normalized spacial score (nSPS) is 13.8. The molecule has 1 aliphatic heterocycles. The topological polar surface area (TPSA) is 183 Å². The second-order valence-corrected chi connectivity index (χ2v) is 18.8. The molecule has 0 radical (unpaired) electrons. The van der Waals surface area contributed by atoms with Gasteiger partial charge in [-0.3, -0.25) is 24.8 Å². The summed E-state index contributed by atoms with van der Waals surface area (Å²) in [6.07, 6.45) is 3.75. The Kier molecular flexibility index (Phi) is 12.2. The number of sulfone groups is 1. The Bertz CT molecular complexity index is 2650. The largest absolute Gasteiger partial charge is 0.490 e. The SMILES string of the molecule is CC(C)n1ccc2c(N3CCC(=O)NC3=O)cc(C(=O)NCCOCCOCCOc3cc4nccc(Nc5ccc6scnc6c5)c4cc3S(=O)(=O)C(C)(C)C)cc21. The number of benzene rings is 3. The van der Waals surface area contributed by atoms with Crippen LogP contribution in [0, 0.1) is 0 Å². The third-order valence-electron chi connectivity index (χ3n) is 9.88. The standard InChI is InChI=1S/C42H47N7O8S2/c1-26(2)48-13-9-29-34(48)20-27(21-35(29)49-14-10-39(50)47-41(49)52)40(51)44-12-15-55-16-17-56-18-19-57-36-24-32-30(23-38(36)59(53,54)42(3,4)5)31(8-11-43-32)46-28-6-7-37-33(22-28)45-25-58-37/h6-9,11,13,20-26H,10,12,14-19H2,1-5H3,(H,43,46)(H,44,51)(H,47,50,52). The number of nitrogens with zero attached hydrogens (tertiary/aromatic N) is 4. The van der Waals surface area contributed by atoms with E-state index in [9.17, 15) is 22.8 Å². The number of carbonyl (C=O) groups excluding carboxylic acids is 3. The second kappa shape index (κ2) is 17.3. The number of thiazole rings is 1. The molecule has 4 heterocycles. The lowest BCUT2D eigenvalue weighted by Crippen LogP contribution is -2.49. The first kappa shape index (κ1) is 41.5. The lowest BCUT2D eigenvalue weighted by molar-refractivity contribution is -0.120. The summed E-state index contributed by atoms with van der Waals surface area (Å²) in [6.45, 7) is 10.5. The van der Waals surface area contributed by atoms with E-state index >= 15 is 0 Å². The van der Waals surface area contributed by atoms with Gasteiger partial charge in [0.1, 0.15) is 17.3 Å². The summed E-state index contributed by atoms with van der Waals surface area (Å²) < 4.78 is 47.1. The zero-order valence-corrected chi connectivity index (χ0v) is 35.2. The highest BCUT2D eigenvalue weighted by Crippen LogP contribution is 2.38. The van der Waals surface area contributed by atoms with Crippen LogP contribution in [0.4, 0.5) is 21.9 Å². The van der Waals surface area contributed by atoms with Crippen LogP contribution in [-0.2, 0) is 24.1 Å². The number of urea groups is 1. The minimum absolute atomic E-state index is 0.0624. The van der Waals surface area contributed by atoms with Gasteiger partial charge in [-0.2, -0.15) is 0 Å². The summed E-state index contributed by atoms with van der Waals surface area (Å²) in [5, 5.41) is 10.1. The van der Waals surface area contributed by atoms with E-state index in [0.717, 1.165) is 26.8 Å². The molecular weight excluding hydrogens is 795 g/mol. The Morgan fingerprint density at radius 2 is 1.71 bits per heavy atom. The maximum absolute atomic E-state index is 13.8. The van der Waals surface area contributed by atoms with Gasteiger partial charge in [0.2, 0.25) is 5.91 Å². The number of imide groups is 1. The molecule has 6 aromatic rings. The molecule has 4 amide bonds. The van der Waals surface area contributed by atoms with Crippen LogP contribution in [0.1, 0.15) is 57.4 Å². The van der Waals surface area contributed by atoms with Crippen molar-refractivity contribution in [2.75, 3.05) is 56.3 Å². The maximum Gasteiger partial charge on any atom is 0.328 e. The van der Waals surface area contributed by atoms with Gasteiger partial charge in [-0.25, -0.2) is 18.2 Å². The molecule has 59 heavy (non-hydrogen) atoms. The van der Waals surface area contributed by atoms with Crippen LogP contribution < -0.4 is 25.6 Å². The van der Waals surface area contributed by atoms with Crippen molar-refractivity contribution in [3.8, 4) is 5.75 Å². The molecule has 7 rings (SSSR count). The Morgan fingerprint density at radius 3 is 2.47 bits per heavy atom. The molecule has 0 aliphatic carbocycles. The lowest BCUT2D eigenvalue weighted by Gasteiger charge is -2.27. The molecule has 0 bridgehead atoms. The quantitative estimate of drug-likeness (QED) is 0.0855. The van der Waals surface area contributed by atoms with E-state index < -0.39 is 20.6 Å². The van der Waals surface area contributed by atoms with E-state index in [1.807, 2.05) is 48.9 Å². The van der Waals surface area contributed by atoms with Gasteiger partial charge in [-0.05, 0) is 83.1 Å². The molecule has 0 saturated carbocycles. The van der Waals surface area contributed by atoms with Crippen molar-refractivity contribution in [2.24, 2.45) is 0 Å². The van der Waals surface area contributed by atoms with Crippen LogP contribution in [0.5, 0.6) is 5.75 Å². The molecule has 1 aliphatic rings. The number of fused-ring (bicyclic) bond motifs is 3. The van der Waals surface area contributed by atoms with Gasteiger partial charge < -0.3 is 29.4 Å². The van der Waals surface area contributed by atoms with Crippen molar-refractivity contribution in [1.82, 2.24) is 25.2 Å². The summed E-state index contributed by atoms with van der Waals surface area (Å²) >= 11 is 1.56. The van der Waals surface area contributed by atoms with E-state index in [1.54, 1.807) is 74.1 Å². The summed E-state index contributed by atoms with van der Waals surface area (Å²) in [4.78, 5) is 48.3. The van der Waals surface area contributed by atoms with Gasteiger partial charge in [-0.1, -0.05) is 0 Å². The zero-order valence-electron chi connectivity index (χ0n) is 33.5. The van der Waals surface area contributed by atoms with Crippen LogP contribution in [0.3, 0.4) is 0 Å². The van der Waals surface area contributed by atoms with Gasteiger partial charge >= 0.3 is 6.03 Å². The number of anilines is 3. The van der Waals surface area contributed by atoms with E-state index in [0.29, 0.717) is 27.8 Å². The first-order valence-corrected chi connectivity index (χ1v) is 21.7. The maximum atomic E-state index is 13.8. The van der Waals surface area contributed by atoms with Gasteiger partial charge in [-0.15, -0.1) is 11.3 Å². The zero-order chi connectivity index (χ0) is 41.9. The van der Waals surface area contributed by atoms with Crippen LogP contribution in [-0.4, -0.2) is 91.7 Å². The fourth-order valence-electron chi connectivity index (χ4n) is 6.72. The molecule has 0 unspecified atom stereocenters. The van der Waals surface area contributed by atoms with Crippen LogP contribution >= 0.6 is 11.3 Å². The first-order valence-electron chi connectivity index (χ1n) is 19.3. The third kappa shape index (κ3) is 9.02. The fourth-order valence-corrected chi connectivity index (χ4v) is 8.69. The fraction of sp³-hybridized carbons (Fsp3) is 0.357. The molecule has 15 nitrogen and oxygen atoms in total. The minimum Gasteiger partial charge on any atom is -0.490 e. The summed E-state index contributed by atoms with van der Waals surface area (Å²) in [5.41, 5.74) is 6.47. The van der Waals surface area contributed by atoms with E-state index in [-0.39, 0.29) is 81.0 Å². The predicted octanol–water partition coefficient (Wildman–Crippen LogP) is 6.98. The highest BCUT2D eigenvalue weighted by molar-refractivity contribution is 7.92. The minimum atomic E-state index is -3.83. The van der Waals surface area contributed by atoms with E-state index in [2.05, 4.69) is 25.9 Å². The second-order valence-electron chi connectivity index (χ2n) is 15.3. The van der Waals surface area contributed by atoms with Crippen LogP contribution in [0.2, 0.25) is 0 Å². The number of pyridine rings is 1. The molecule has 1 fully saturated rings. The van der Waals surface area contributed by atoms with Crippen molar-refractivity contribution < 1.29 is 37.0 Å².